The molecular weight excluding hydrogens is 410 g/mol. The van der Waals surface area contributed by atoms with Gasteiger partial charge in [0, 0.05) is 13.2 Å². The Balaban J connectivity index is 0. The second-order valence-electron chi connectivity index (χ2n) is 10.2. The highest BCUT2D eigenvalue weighted by Gasteiger charge is 2.11. The van der Waals surface area contributed by atoms with Gasteiger partial charge in [-0.25, -0.2) is 0 Å². The summed E-state index contributed by atoms with van der Waals surface area (Å²) in [5, 5.41) is 0. The highest BCUT2D eigenvalue weighted by Crippen LogP contribution is 2.14. The summed E-state index contributed by atoms with van der Waals surface area (Å²) >= 11 is 0. The third kappa shape index (κ3) is 30.1. The number of hydrogen-bond donors (Lipinski definition) is 0. The normalized spacial score (nSPS) is 11.7. The maximum Gasteiger partial charge on any atom is 0.131 e. The number of hydrogen-bond acceptors (Lipinski definition) is 2. The lowest BCUT2D eigenvalue weighted by atomic mass is 10.0. The van der Waals surface area contributed by atoms with E-state index in [-0.39, 0.29) is 5.91 Å². The zero-order valence-electron chi connectivity index (χ0n) is 23.7. The van der Waals surface area contributed by atoms with Crippen molar-refractivity contribution >= 4 is 10.2 Å². The van der Waals surface area contributed by atoms with Crippen LogP contribution in [0.2, 0.25) is 0 Å². The predicted octanol–water partition coefficient (Wildman–Crippen LogP) is 7.44. The van der Waals surface area contributed by atoms with Gasteiger partial charge in [0.15, 0.2) is 0 Å². The number of unbranched alkanes of at least 4 members (excludes halogenated alkanes) is 15. The van der Waals surface area contributed by atoms with Crippen molar-refractivity contribution in [1.29, 1.82) is 0 Å². The summed E-state index contributed by atoms with van der Waals surface area (Å²) in [7, 11) is 5.73. The number of quaternary nitrogens is 1. The first-order valence-electron chi connectivity index (χ1n) is 14.5. The molecule has 0 aromatic rings. The van der Waals surface area contributed by atoms with E-state index in [4.69, 9.17) is 9.47 Å². The second kappa shape index (κ2) is 27.3. The van der Waals surface area contributed by atoms with Crippen LogP contribution in [0, 0.1) is 0 Å². The summed E-state index contributed by atoms with van der Waals surface area (Å²) < 4.78 is 11.5. The summed E-state index contributed by atoms with van der Waals surface area (Å²) in [4.78, 5) is 0. The molecule has 0 aromatic carbocycles. The van der Waals surface area contributed by atoms with Gasteiger partial charge in [-0.1, -0.05) is 104 Å². The lowest BCUT2D eigenvalue weighted by molar-refractivity contribution is -0.890. The van der Waals surface area contributed by atoms with Crippen LogP contribution in [0.1, 0.15) is 137 Å². The molecule has 0 aromatic heterocycles. The van der Waals surface area contributed by atoms with Crippen molar-refractivity contribution in [3.05, 3.63) is 0 Å². The first-order valence-corrected chi connectivity index (χ1v) is 15.6. The summed E-state index contributed by atoms with van der Waals surface area (Å²) in [6.07, 6.45) is 24.7. The van der Waals surface area contributed by atoms with Crippen LogP contribution in [0.25, 0.3) is 0 Å². The molecule has 0 saturated carbocycles. The highest BCUT2D eigenvalue weighted by atomic mass is 28.1. The van der Waals surface area contributed by atoms with E-state index in [0.29, 0.717) is 0 Å². The molecule has 0 aliphatic heterocycles. The molecule has 32 heavy (non-hydrogen) atoms. The van der Waals surface area contributed by atoms with Crippen LogP contribution < -0.4 is 0 Å². The third-order valence-electron chi connectivity index (χ3n) is 6.25. The van der Waals surface area contributed by atoms with Gasteiger partial charge in [0.25, 0.3) is 0 Å². The SMILES string of the molecule is CCCCCCCCCCCCCCCCCC[N+](C)(C)CCC.CCOC([SiH3])OCC. The minimum absolute atomic E-state index is 0.102. The molecule has 0 heterocycles. The van der Waals surface area contributed by atoms with E-state index < -0.39 is 0 Å². The quantitative estimate of drug-likeness (QED) is 0.0663. The van der Waals surface area contributed by atoms with Crippen molar-refractivity contribution in [2.45, 2.75) is 143 Å². The Hall–Kier alpha value is 0.0969. The van der Waals surface area contributed by atoms with Crippen molar-refractivity contribution in [1.82, 2.24) is 0 Å². The van der Waals surface area contributed by atoms with Crippen LogP contribution >= 0.6 is 0 Å². The summed E-state index contributed by atoms with van der Waals surface area (Å²) in [5.41, 5.74) is 0. The number of rotatable bonds is 23. The van der Waals surface area contributed by atoms with Crippen molar-refractivity contribution in [3.8, 4) is 0 Å². The summed E-state index contributed by atoms with van der Waals surface area (Å²) in [6.45, 7) is 12.8. The molecule has 0 N–H and O–H groups in total. The van der Waals surface area contributed by atoms with Gasteiger partial charge in [-0.05, 0) is 33.1 Å². The molecule has 0 amide bonds. The van der Waals surface area contributed by atoms with Gasteiger partial charge < -0.3 is 14.0 Å². The Kier molecular flexibility index (Phi) is 29.3. The molecular formula is C28H64NO2Si+. The molecule has 3 nitrogen and oxygen atoms in total. The van der Waals surface area contributed by atoms with Gasteiger partial charge in [-0.15, -0.1) is 0 Å². The van der Waals surface area contributed by atoms with E-state index in [0.717, 1.165) is 23.5 Å². The molecule has 0 saturated heterocycles. The van der Waals surface area contributed by atoms with Gasteiger partial charge in [0.2, 0.25) is 0 Å². The zero-order chi connectivity index (χ0) is 24.3. The van der Waals surface area contributed by atoms with Crippen LogP contribution in [0.5, 0.6) is 0 Å². The van der Waals surface area contributed by atoms with E-state index in [9.17, 15) is 0 Å². The first-order chi connectivity index (χ1) is 15.4. The average molecular weight is 475 g/mol. The molecule has 4 heteroatoms. The summed E-state index contributed by atoms with van der Waals surface area (Å²) in [6, 6.07) is 0. The van der Waals surface area contributed by atoms with Crippen LogP contribution in [-0.2, 0) is 9.47 Å². The minimum Gasteiger partial charge on any atom is -0.358 e. The number of nitrogens with zero attached hydrogens (tertiary/aromatic N) is 1. The van der Waals surface area contributed by atoms with E-state index in [1.165, 1.54) is 127 Å². The molecule has 0 rings (SSSR count). The third-order valence-corrected chi connectivity index (χ3v) is 6.92. The Bertz CT molecular complexity index is 333. The van der Waals surface area contributed by atoms with Gasteiger partial charge in [0.05, 0.1) is 37.4 Å². The molecule has 0 fully saturated rings. The smallest absolute Gasteiger partial charge is 0.131 e. The predicted molar refractivity (Wildman–Crippen MR) is 149 cm³/mol. The van der Waals surface area contributed by atoms with Gasteiger partial charge in [0.1, 0.15) is 5.91 Å². The Morgan fingerprint density at radius 3 is 1.16 bits per heavy atom. The maximum absolute atomic E-state index is 5.12. The fourth-order valence-corrected chi connectivity index (χ4v) is 4.99. The first kappa shape index (κ1) is 34.3. The molecule has 0 unspecified atom stereocenters. The molecule has 0 aliphatic carbocycles. The van der Waals surface area contributed by atoms with Gasteiger partial charge in [-0.2, -0.15) is 0 Å². The van der Waals surface area contributed by atoms with E-state index in [1.54, 1.807) is 0 Å². The van der Waals surface area contributed by atoms with Crippen LogP contribution in [-0.4, -0.2) is 61.0 Å². The fraction of sp³-hybridized carbons (Fsp3) is 1.00. The molecule has 0 bridgehead atoms. The molecule has 0 atom stereocenters. The van der Waals surface area contributed by atoms with Crippen molar-refractivity contribution in [2.75, 3.05) is 40.4 Å². The lowest BCUT2D eigenvalue weighted by Crippen LogP contribution is -2.40. The minimum atomic E-state index is 0.102. The Morgan fingerprint density at radius 1 is 0.500 bits per heavy atom. The standard InChI is InChI=1S/C23H50N.C5H14O2Si/c1-5-7-8-9-10-11-12-13-14-15-16-17-18-19-20-21-23-24(3,4)22-6-2;1-3-6-5(8)7-4-2/h5-23H2,1-4H3;5H,3-4H2,1-2,8H3/q+1;. The van der Waals surface area contributed by atoms with Crippen LogP contribution in [0.4, 0.5) is 0 Å². The summed E-state index contributed by atoms with van der Waals surface area (Å²) in [5.74, 6) is 0.102. The second-order valence-corrected chi connectivity index (χ2v) is 11.1. The van der Waals surface area contributed by atoms with Crippen molar-refractivity contribution in [3.63, 3.8) is 0 Å². The van der Waals surface area contributed by atoms with Gasteiger partial charge >= 0.3 is 0 Å². The highest BCUT2D eigenvalue weighted by molar-refractivity contribution is 6.10. The molecule has 0 aliphatic rings. The monoisotopic (exact) mass is 474 g/mol. The Morgan fingerprint density at radius 2 is 0.844 bits per heavy atom. The lowest BCUT2D eigenvalue weighted by Gasteiger charge is -2.29. The molecule has 0 radical (unpaired) electrons. The van der Waals surface area contributed by atoms with Crippen molar-refractivity contribution in [2.24, 2.45) is 0 Å². The van der Waals surface area contributed by atoms with Crippen LogP contribution in [0.15, 0.2) is 0 Å². The topological polar surface area (TPSA) is 18.5 Å². The van der Waals surface area contributed by atoms with Crippen molar-refractivity contribution < 1.29 is 14.0 Å². The average Bonchev–Trinajstić information content (AvgIpc) is 2.74. The van der Waals surface area contributed by atoms with Crippen LogP contribution in [0.3, 0.4) is 0 Å². The van der Waals surface area contributed by atoms with Gasteiger partial charge in [-0.3, -0.25) is 0 Å². The Labute approximate surface area is 207 Å². The number of ether oxygens (including phenoxy) is 2. The van der Waals surface area contributed by atoms with E-state index in [1.807, 2.05) is 13.8 Å². The van der Waals surface area contributed by atoms with E-state index >= 15 is 0 Å². The molecule has 196 valence electrons. The molecule has 0 spiro atoms. The van der Waals surface area contributed by atoms with E-state index in [2.05, 4.69) is 27.9 Å². The fourth-order valence-electron chi connectivity index (χ4n) is 4.32. The largest absolute Gasteiger partial charge is 0.358 e. The zero-order valence-corrected chi connectivity index (χ0v) is 25.7. The maximum atomic E-state index is 5.12.